The molecular formula is C14H8Cl2F6N4O4S. The SMILES string of the molecule is Nc1c(S(=O)C(F)(F)F)c(C(=O)NCC(=O)O)nn1-c1c(Cl)cc(C(F)(F)F)cc1Cl. The first-order chi connectivity index (χ1) is 14.1. The van der Waals surface area contributed by atoms with Gasteiger partial charge in [-0.25, -0.2) is 8.89 Å². The number of nitrogen functional groups attached to an aromatic ring is 1. The Hall–Kier alpha value is -2.52. The average Bonchev–Trinajstić information content (AvgIpc) is 2.93. The lowest BCUT2D eigenvalue weighted by Gasteiger charge is -2.13. The maximum atomic E-state index is 13.0. The van der Waals surface area contributed by atoms with Crippen LogP contribution in [0.25, 0.3) is 5.69 Å². The molecule has 0 spiro atoms. The summed E-state index contributed by atoms with van der Waals surface area (Å²) in [7, 11) is -3.93. The Labute approximate surface area is 180 Å². The van der Waals surface area contributed by atoms with Crippen LogP contribution in [0.1, 0.15) is 16.1 Å². The molecule has 2 aromatic rings. The van der Waals surface area contributed by atoms with Crippen molar-refractivity contribution in [2.24, 2.45) is 0 Å². The summed E-state index contributed by atoms with van der Waals surface area (Å²) in [6.07, 6.45) is -4.87. The maximum absolute atomic E-state index is 13.0. The highest BCUT2D eigenvalue weighted by Gasteiger charge is 2.44. The maximum Gasteiger partial charge on any atom is 0.476 e. The molecule has 0 radical (unpaired) electrons. The molecule has 0 saturated carbocycles. The van der Waals surface area contributed by atoms with E-state index in [0.717, 1.165) is 0 Å². The molecule has 1 aromatic heterocycles. The van der Waals surface area contributed by atoms with E-state index >= 15 is 0 Å². The van der Waals surface area contributed by atoms with E-state index in [1.54, 1.807) is 5.32 Å². The van der Waals surface area contributed by atoms with Crippen molar-refractivity contribution >= 4 is 51.7 Å². The van der Waals surface area contributed by atoms with Crippen LogP contribution in [0.15, 0.2) is 17.0 Å². The zero-order chi connectivity index (χ0) is 23.9. The molecular weight excluding hydrogens is 505 g/mol. The summed E-state index contributed by atoms with van der Waals surface area (Å²) in [5, 5.41) is 12.2. The Bertz CT molecular complexity index is 1060. The molecule has 1 amide bonds. The number of amides is 1. The molecule has 2 rings (SSSR count). The van der Waals surface area contributed by atoms with Gasteiger partial charge in [0, 0.05) is 0 Å². The van der Waals surface area contributed by atoms with Crippen LogP contribution in [-0.2, 0) is 21.8 Å². The number of hydrogen-bond donors (Lipinski definition) is 3. The van der Waals surface area contributed by atoms with E-state index in [2.05, 4.69) is 5.10 Å². The van der Waals surface area contributed by atoms with Crippen molar-refractivity contribution in [2.45, 2.75) is 16.6 Å². The molecule has 31 heavy (non-hydrogen) atoms. The summed E-state index contributed by atoms with van der Waals surface area (Å²) in [5.41, 5.74) is -2.98. The van der Waals surface area contributed by atoms with Crippen molar-refractivity contribution in [3.63, 3.8) is 0 Å². The number of rotatable bonds is 5. The third-order valence-electron chi connectivity index (χ3n) is 3.44. The predicted octanol–water partition coefficient (Wildman–Crippen LogP) is 3.22. The molecule has 1 unspecified atom stereocenters. The van der Waals surface area contributed by atoms with Gasteiger partial charge in [-0.3, -0.25) is 9.59 Å². The third kappa shape index (κ3) is 5.22. The minimum absolute atomic E-state index is 0.305. The molecule has 0 saturated heterocycles. The fourth-order valence-corrected chi connectivity index (χ4v) is 3.67. The normalized spacial score (nSPS) is 13.2. The Morgan fingerprint density at radius 3 is 2.10 bits per heavy atom. The van der Waals surface area contributed by atoms with E-state index < -0.39 is 78.6 Å². The minimum Gasteiger partial charge on any atom is -0.480 e. The second-order valence-electron chi connectivity index (χ2n) is 5.55. The van der Waals surface area contributed by atoms with Gasteiger partial charge in [0.05, 0.1) is 15.6 Å². The smallest absolute Gasteiger partial charge is 0.476 e. The third-order valence-corrected chi connectivity index (χ3v) is 5.21. The van der Waals surface area contributed by atoms with Gasteiger partial charge in [-0.05, 0) is 12.1 Å². The number of halogens is 8. The monoisotopic (exact) mass is 512 g/mol. The fraction of sp³-hybridized carbons (Fsp3) is 0.214. The quantitative estimate of drug-likeness (QED) is 0.528. The largest absolute Gasteiger partial charge is 0.480 e. The van der Waals surface area contributed by atoms with Gasteiger partial charge in [0.25, 0.3) is 5.91 Å². The van der Waals surface area contributed by atoms with Gasteiger partial charge in [0.2, 0.25) is 0 Å². The molecule has 0 fully saturated rings. The van der Waals surface area contributed by atoms with Gasteiger partial charge in [-0.1, -0.05) is 23.2 Å². The van der Waals surface area contributed by atoms with Crippen molar-refractivity contribution in [1.82, 2.24) is 15.1 Å². The first-order valence-corrected chi connectivity index (χ1v) is 9.40. The van der Waals surface area contributed by atoms with Gasteiger partial charge in [-0.2, -0.15) is 31.4 Å². The number of benzene rings is 1. The van der Waals surface area contributed by atoms with Crippen LogP contribution in [0.5, 0.6) is 0 Å². The van der Waals surface area contributed by atoms with Gasteiger partial charge in [-0.15, -0.1) is 0 Å². The summed E-state index contributed by atoms with van der Waals surface area (Å²) in [6.45, 7) is -1.04. The zero-order valence-corrected chi connectivity index (χ0v) is 16.8. The van der Waals surface area contributed by atoms with E-state index in [-0.39, 0.29) is 0 Å². The number of nitrogens with one attached hydrogen (secondary N) is 1. The molecule has 0 aliphatic heterocycles. The lowest BCUT2D eigenvalue weighted by atomic mass is 10.2. The number of carbonyl (C=O) groups excluding carboxylic acids is 1. The summed E-state index contributed by atoms with van der Waals surface area (Å²) >= 11 is 11.6. The number of carbonyl (C=O) groups is 2. The van der Waals surface area contributed by atoms with Gasteiger partial charge >= 0.3 is 17.7 Å². The van der Waals surface area contributed by atoms with Crippen LogP contribution in [0.2, 0.25) is 10.0 Å². The number of nitrogens with two attached hydrogens (primary N) is 1. The second kappa shape index (κ2) is 8.55. The highest BCUT2D eigenvalue weighted by molar-refractivity contribution is 7.86. The summed E-state index contributed by atoms with van der Waals surface area (Å²) in [6, 6.07) is 0.767. The Kier molecular flexibility index (Phi) is 6.82. The summed E-state index contributed by atoms with van der Waals surface area (Å²) < 4.78 is 90.0. The number of anilines is 1. The first-order valence-electron chi connectivity index (χ1n) is 7.49. The molecule has 1 heterocycles. The molecule has 1 atom stereocenters. The molecule has 170 valence electrons. The van der Waals surface area contributed by atoms with Gasteiger partial charge in [0.1, 0.15) is 22.9 Å². The van der Waals surface area contributed by atoms with Crippen molar-refractivity contribution in [2.75, 3.05) is 12.3 Å². The van der Waals surface area contributed by atoms with Crippen LogP contribution < -0.4 is 11.1 Å². The van der Waals surface area contributed by atoms with Crippen LogP contribution in [-0.4, -0.2) is 43.0 Å². The summed E-state index contributed by atoms with van der Waals surface area (Å²) in [4.78, 5) is 21.3. The summed E-state index contributed by atoms with van der Waals surface area (Å²) in [5.74, 6) is -4.13. The van der Waals surface area contributed by atoms with E-state index in [0.29, 0.717) is 16.8 Å². The molecule has 17 heteroatoms. The number of aliphatic carboxylic acids is 1. The van der Waals surface area contributed by atoms with Crippen molar-refractivity contribution < 1.29 is 45.2 Å². The Morgan fingerprint density at radius 2 is 1.68 bits per heavy atom. The van der Waals surface area contributed by atoms with Crippen molar-refractivity contribution in [1.29, 1.82) is 0 Å². The molecule has 1 aromatic carbocycles. The van der Waals surface area contributed by atoms with E-state index in [9.17, 15) is 40.1 Å². The number of alkyl halides is 6. The first kappa shape index (κ1) is 24.7. The van der Waals surface area contributed by atoms with Crippen LogP contribution in [0.3, 0.4) is 0 Å². The Balaban J connectivity index is 2.75. The van der Waals surface area contributed by atoms with Crippen LogP contribution >= 0.6 is 23.2 Å². The van der Waals surface area contributed by atoms with E-state index in [1.165, 1.54) is 0 Å². The molecule has 0 aliphatic carbocycles. The average molecular weight is 513 g/mol. The molecule has 4 N–H and O–H groups in total. The highest BCUT2D eigenvalue weighted by atomic mass is 35.5. The molecule has 0 bridgehead atoms. The van der Waals surface area contributed by atoms with Crippen LogP contribution in [0.4, 0.5) is 32.2 Å². The lowest BCUT2D eigenvalue weighted by Crippen LogP contribution is -2.31. The number of hydrogen-bond acceptors (Lipinski definition) is 5. The predicted molar refractivity (Wildman–Crippen MR) is 95.4 cm³/mol. The standard InChI is InChI=1S/C14H8Cl2F6N4O4S/c15-5-1-4(13(17,18)19)2-6(16)9(5)26-11(23)10(31(30)14(20,21)22)8(25-26)12(29)24-3-7(27)28/h1-2H,3,23H2,(H,24,29)(H,27,28). The lowest BCUT2D eigenvalue weighted by molar-refractivity contribution is -0.138. The fourth-order valence-electron chi connectivity index (χ4n) is 2.21. The minimum atomic E-state index is -5.42. The Morgan fingerprint density at radius 1 is 1.16 bits per heavy atom. The zero-order valence-electron chi connectivity index (χ0n) is 14.4. The number of carboxylic acid groups (broad SMARTS) is 1. The number of nitrogens with zero attached hydrogens (tertiary/aromatic N) is 2. The highest BCUT2D eigenvalue weighted by Crippen LogP contribution is 2.40. The number of aromatic nitrogens is 2. The van der Waals surface area contributed by atoms with Crippen LogP contribution in [0, 0.1) is 0 Å². The topological polar surface area (TPSA) is 127 Å². The van der Waals surface area contributed by atoms with Crippen molar-refractivity contribution in [3.05, 3.63) is 33.4 Å². The van der Waals surface area contributed by atoms with Gasteiger partial charge in [0.15, 0.2) is 16.5 Å². The number of carboxylic acids is 1. The molecule has 0 aliphatic rings. The van der Waals surface area contributed by atoms with E-state index in [4.69, 9.17) is 34.0 Å². The van der Waals surface area contributed by atoms with E-state index in [1.807, 2.05) is 0 Å². The van der Waals surface area contributed by atoms with Crippen molar-refractivity contribution in [3.8, 4) is 5.69 Å². The molecule has 8 nitrogen and oxygen atoms in total. The second-order valence-corrected chi connectivity index (χ2v) is 7.77. The van der Waals surface area contributed by atoms with Gasteiger partial charge < -0.3 is 16.2 Å².